The fraction of sp³-hybridized carbons (Fsp3) is 0.0714. The maximum absolute atomic E-state index is 13.5. The Kier molecular flexibility index (Phi) is 5.04. The van der Waals surface area contributed by atoms with Gasteiger partial charge in [-0.3, -0.25) is 9.36 Å². The topological polar surface area (TPSA) is 38.1 Å². The number of nitrogens with zero attached hydrogens (tertiary/aromatic N) is 3. The molecule has 0 N–H and O–H groups in total. The van der Waals surface area contributed by atoms with Crippen LogP contribution in [-0.4, -0.2) is 23.6 Å². The minimum atomic E-state index is -0.0755. The number of fused-ring (bicyclic) bond motifs is 2. The van der Waals surface area contributed by atoms with Crippen LogP contribution in [0, 0.1) is 0 Å². The molecule has 1 aromatic heterocycles. The molecule has 156 valence electrons. The molecule has 0 aliphatic rings. The van der Waals surface area contributed by atoms with Crippen LogP contribution in [-0.2, 0) is 0 Å². The highest BCUT2D eigenvalue weighted by Gasteiger charge is 2.11. The van der Waals surface area contributed by atoms with Crippen molar-refractivity contribution in [2.75, 3.05) is 19.0 Å². The maximum Gasteiger partial charge on any atom is 0.266 e. The molecular formula is C28H23N3O. The molecule has 32 heavy (non-hydrogen) atoms. The molecule has 0 bridgehead atoms. The van der Waals surface area contributed by atoms with Crippen molar-refractivity contribution in [2.45, 2.75) is 0 Å². The van der Waals surface area contributed by atoms with Crippen molar-refractivity contribution < 1.29 is 0 Å². The molecule has 0 saturated heterocycles. The number of rotatable bonds is 4. The van der Waals surface area contributed by atoms with Crippen LogP contribution in [0.1, 0.15) is 11.4 Å². The van der Waals surface area contributed by atoms with E-state index in [0.717, 1.165) is 27.7 Å². The summed E-state index contributed by atoms with van der Waals surface area (Å²) in [6.45, 7) is 0. The monoisotopic (exact) mass is 417 g/mol. The highest BCUT2D eigenvalue weighted by molar-refractivity contribution is 5.85. The van der Waals surface area contributed by atoms with Crippen molar-refractivity contribution in [1.29, 1.82) is 0 Å². The first-order valence-corrected chi connectivity index (χ1v) is 10.6. The molecule has 0 spiro atoms. The van der Waals surface area contributed by atoms with E-state index >= 15 is 0 Å². The van der Waals surface area contributed by atoms with E-state index in [1.165, 1.54) is 0 Å². The van der Waals surface area contributed by atoms with Gasteiger partial charge in [-0.25, -0.2) is 4.98 Å². The van der Waals surface area contributed by atoms with Gasteiger partial charge in [0.05, 0.1) is 16.6 Å². The van der Waals surface area contributed by atoms with Gasteiger partial charge >= 0.3 is 0 Å². The smallest absolute Gasteiger partial charge is 0.266 e. The Morgan fingerprint density at radius 3 is 2.28 bits per heavy atom. The van der Waals surface area contributed by atoms with Crippen LogP contribution < -0.4 is 10.5 Å². The van der Waals surface area contributed by atoms with Gasteiger partial charge in [0.2, 0.25) is 0 Å². The number of anilines is 1. The number of hydrogen-bond donors (Lipinski definition) is 0. The lowest BCUT2D eigenvalue weighted by Gasteiger charge is -2.13. The maximum atomic E-state index is 13.5. The van der Waals surface area contributed by atoms with Gasteiger partial charge in [-0.2, -0.15) is 0 Å². The molecular weight excluding hydrogens is 394 g/mol. The van der Waals surface area contributed by atoms with Gasteiger partial charge in [-0.1, -0.05) is 60.7 Å². The Balaban J connectivity index is 1.67. The first-order chi connectivity index (χ1) is 15.6. The average molecular weight is 418 g/mol. The van der Waals surface area contributed by atoms with E-state index in [2.05, 4.69) is 41.3 Å². The van der Waals surface area contributed by atoms with Crippen LogP contribution in [0.2, 0.25) is 0 Å². The summed E-state index contributed by atoms with van der Waals surface area (Å²) >= 11 is 0. The Labute approximate surface area is 186 Å². The fourth-order valence-corrected chi connectivity index (χ4v) is 3.88. The van der Waals surface area contributed by atoms with Crippen LogP contribution in [0.5, 0.6) is 0 Å². The molecule has 0 unspecified atom stereocenters. The molecule has 5 aromatic rings. The number of para-hydroxylation sites is 1. The zero-order valence-corrected chi connectivity index (χ0v) is 18.1. The molecule has 0 atom stereocenters. The van der Waals surface area contributed by atoms with E-state index in [0.29, 0.717) is 16.7 Å². The largest absolute Gasteiger partial charge is 0.378 e. The number of benzene rings is 4. The summed E-state index contributed by atoms with van der Waals surface area (Å²) in [6, 6.07) is 30.0. The van der Waals surface area contributed by atoms with Gasteiger partial charge < -0.3 is 4.90 Å². The number of aromatic nitrogens is 2. The third-order valence-corrected chi connectivity index (χ3v) is 5.63. The van der Waals surface area contributed by atoms with Crippen LogP contribution >= 0.6 is 0 Å². The second-order valence-electron chi connectivity index (χ2n) is 7.98. The molecule has 4 nitrogen and oxygen atoms in total. The lowest BCUT2D eigenvalue weighted by Crippen LogP contribution is -2.22. The first-order valence-electron chi connectivity index (χ1n) is 10.6. The lowest BCUT2D eigenvalue weighted by molar-refractivity contribution is 0.946. The Morgan fingerprint density at radius 2 is 1.50 bits per heavy atom. The van der Waals surface area contributed by atoms with Crippen molar-refractivity contribution in [3.8, 4) is 5.69 Å². The zero-order chi connectivity index (χ0) is 22.1. The standard InChI is InChI=1S/C28H23N3O/c1-30(2)23-15-11-20(12-16-23)13-18-27-29-26-10-6-5-9-25(26)28(32)31(27)24-17-14-21-7-3-4-8-22(21)19-24/h3-19H,1-2H3. The van der Waals surface area contributed by atoms with E-state index < -0.39 is 0 Å². The predicted molar refractivity (Wildman–Crippen MR) is 135 cm³/mol. The molecule has 4 aromatic carbocycles. The van der Waals surface area contributed by atoms with Gasteiger partial charge in [0, 0.05) is 19.8 Å². The summed E-state index contributed by atoms with van der Waals surface area (Å²) in [4.78, 5) is 20.4. The normalized spacial score (nSPS) is 11.4. The molecule has 0 saturated carbocycles. The minimum absolute atomic E-state index is 0.0755. The summed E-state index contributed by atoms with van der Waals surface area (Å²) in [7, 11) is 4.04. The summed E-state index contributed by atoms with van der Waals surface area (Å²) < 4.78 is 1.69. The summed E-state index contributed by atoms with van der Waals surface area (Å²) in [5.41, 5.74) is 3.60. The van der Waals surface area contributed by atoms with Gasteiger partial charge in [0.1, 0.15) is 5.82 Å². The van der Waals surface area contributed by atoms with E-state index in [4.69, 9.17) is 4.98 Å². The van der Waals surface area contributed by atoms with Crippen LogP contribution in [0.4, 0.5) is 5.69 Å². The molecule has 1 heterocycles. The molecule has 0 amide bonds. The third-order valence-electron chi connectivity index (χ3n) is 5.63. The molecule has 0 aliphatic carbocycles. The third kappa shape index (κ3) is 3.67. The Hall–Kier alpha value is -4.18. The van der Waals surface area contributed by atoms with Crippen molar-refractivity contribution in [2.24, 2.45) is 0 Å². The van der Waals surface area contributed by atoms with Gasteiger partial charge in [-0.05, 0) is 58.8 Å². The van der Waals surface area contributed by atoms with Gasteiger partial charge in [-0.15, -0.1) is 0 Å². The van der Waals surface area contributed by atoms with Crippen LogP contribution in [0.15, 0.2) is 95.8 Å². The molecule has 5 rings (SSSR count). The van der Waals surface area contributed by atoms with E-state index in [1.54, 1.807) is 4.57 Å². The highest BCUT2D eigenvalue weighted by atomic mass is 16.1. The SMILES string of the molecule is CN(C)c1ccc(C=Cc2nc3ccccc3c(=O)n2-c2ccc3ccccc3c2)cc1. The Morgan fingerprint density at radius 1 is 0.781 bits per heavy atom. The first kappa shape index (κ1) is 19.8. The van der Waals surface area contributed by atoms with E-state index in [1.807, 2.05) is 80.8 Å². The predicted octanol–water partition coefficient (Wildman–Crippen LogP) is 5.78. The highest BCUT2D eigenvalue weighted by Crippen LogP contribution is 2.21. The molecule has 0 aliphatic heterocycles. The van der Waals surface area contributed by atoms with Crippen LogP contribution in [0.3, 0.4) is 0 Å². The second kappa shape index (κ2) is 8.16. The van der Waals surface area contributed by atoms with Gasteiger partial charge in [0.25, 0.3) is 5.56 Å². The minimum Gasteiger partial charge on any atom is -0.378 e. The van der Waals surface area contributed by atoms with E-state index in [-0.39, 0.29) is 5.56 Å². The van der Waals surface area contributed by atoms with E-state index in [9.17, 15) is 4.79 Å². The molecule has 0 radical (unpaired) electrons. The van der Waals surface area contributed by atoms with Crippen molar-refractivity contribution in [3.63, 3.8) is 0 Å². The average Bonchev–Trinajstić information content (AvgIpc) is 2.83. The van der Waals surface area contributed by atoms with Crippen molar-refractivity contribution >= 4 is 39.5 Å². The number of hydrogen-bond acceptors (Lipinski definition) is 3. The zero-order valence-electron chi connectivity index (χ0n) is 18.1. The fourth-order valence-electron chi connectivity index (χ4n) is 3.88. The Bertz CT molecular complexity index is 1510. The van der Waals surface area contributed by atoms with Gasteiger partial charge in [0.15, 0.2) is 0 Å². The second-order valence-corrected chi connectivity index (χ2v) is 7.98. The molecule has 0 fully saturated rings. The lowest BCUT2D eigenvalue weighted by atomic mass is 10.1. The van der Waals surface area contributed by atoms with Crippen molar-refractivity contribution in [1.82, 2.24) is 9.55 Å². The summed E-state index contributed by atoms with van der Waals surface area (Å²) in [5.74, 6) is 0.598. The summed E-state index contributed by atoms with van der Waals surface area (Å²) in [5, 5.41) is 2.82. The summed E-state index contributed by atoms with van der Waals surface area (Å²) in [6.07, 6.45) is 3.90. The quantitative estimate of drug-likeness (QED) is 0.372. The van der Waals surface area contributed by atoms with Crippen LogP contribution in [0.25, 0.3) is 39.5 Å². The molecule has 4 heteroatoms. The van der Waals surface area contributed by atoms with Crippen molar-refractivity contribution in [3.05, 3.63) is 113 Å².